The molecule has 0 aliphatic heterocycles. The third kappa shape index (κ3) is 4.40. The molecule has 0 unspecified atom stereocenters. The summed E-state index contributed by atoms with van der Waals surface area (Å²) < 4.78 is 32.1. The van der Waals surface area contributed by atoms with Crippen molar-refractivity contribution < 1.29 is 18.0 Å². The number of carbonyl (C=O) groups excluding carboxylic acids is 1. The van der Waals surface area contributed by atoms with E-state index in [9.17, 15) is 18.4 Å². The van der Waals surface area contributed by atoms with Gasteiger partial charge in [-0.1, -0.05) is 30.0 Å². The Labute approximate surface area is 151 Å². The SMILES string of the molecule is O=C(Nc1ccccc1SC(F)F)c1ccc(Cn2ccccc2=O)o1. The highest BCUT2D eigenvalue weighted by molar-refractivity contribution is 7.99. The van der Waals surface area contributed by atoms with E-state index in [1.807, 2.05) is 0 Å². The maximum absolute atomic E-state index is 12.6. The lowest BCUT2D eigenvalue weighted by atomic mass is 10.3. The topological polar surface area (TPSA) is 64.2 Å². The number of rotatable bonds is 6. The third-order valence-corrected chi connectivity index (χ3v) is 4.25. The van der Waals surface area contributed by atoms with Crippen LogP contribution in [0.15, 0.2) is 74.9 Å². The molecule has 0 radical (unpaired) electrons. The van der Waals surface area contributed by atoms with Crippen LogP contribution < -0.4 is 10.9 Å². The Hall–Kier alpha value is -2.87. The number of thioether (sulfide) groups is 1. The van der Waals surface area contributed by atoms with Gasteiger partial charge in [0.15, 0.2) is 5.76 Å². The number of hydrogen-bond acceptors (Lipinski definition) is 4. The predicted molar refractivity (Wildman–Crippen MR) is 94.8 cm³/mol. The summed E-state index contributed by atoms with van der Waals surface area (Å²) in [7, 11) is 0. The predicted octanol–water partition coefficient (Wildman–Crippen LogP) is 4.06. The Bertz CT molecular complexity index is 969. The van der Waals surface area contributed by atoms with Crippen LogP contribution in [0.25, 0.3) is 0 Å². The second kappa shape index (κ2) is 8.01. The van der Waals surface area contributed by atoms with E-state index in [-0.39, 0.29) is 28.4 Å². The molecule has 134 valence electrons. The van der Waals surface area contributed by atoms with Gasteiger partial charge in [-0.2, -0.15) is 8.78 Å². The van der Waals surface area contributed by atoms with E-state index in [0.717, 1.165) is 0 Å². The highest BCUT2D eigenvalue weighted by Gasteiger charge is 2.15. The summed E-state index contributed by atoms with van der Waals surface area (Å²) in [5.74, 6) is -2.69. The quantitative estimate of drug-likeness (QED) is 0.659. The molecule has 5 nitrogen and oxygen atoms in total. The number of aromatic nitrogens is 1. The van der Waals surface area contributed by atoms with Gasteiger partial charge < -0.3 is 14.3 Å². The van der Waals surface area contributed by atoms with E-state index < -0.39 is 11.7 Å². The number of hydrogen-bond donors (Lipinski definition) is 1. The number of nitrogens with zero attached hydrogens (tertiary/aromatic N) is 1. The number of benzene rings is 1. The number of furan rings is 1. The van der Waals surface area contributed by atoms with Gasteiger partial charge in [0.25, 0.3) is 17.2 Å². The molecule has 8 heteroatoms. The van der Waals surface area contributed by atoms with Gasteiger partial charge in [-0.3, -0.25) is 9.59 Å². The minimum Gasteiger partial charge on any atom is -0.454 e. The summed E-state index contributed by atoms with van der Waals surface area (Å²) in [6.07, 6.45) is 1.61. The van der Waals surface area contributed by atoms with Crippen LogP contribution in [0.2, 0.25) is 0 Å². The lowest BCUT2D eigenvalue weighted by Gasteiger charge is -2.09. The van der Waals surface area contributed by atoms with E-state index in [2.05, 4.69) is 5.32 Å². The second-order valence-corrected chi connectivity index (χ2v) is 6.29. The van der Waals surface area contributed by atoms with Crippen molar-refractivity contribution in [1.29, 1.82) is 0 Å². The fourth-order valence-corrected chi connectivity index (χ4v) is 2.89. The molecular formula is C18H14F2N2O3S. The third-order valence-electron chi connectivity index (χ3n) is 3.46. The molecule has 3 rings (SSSR count). The van der Waals surface area contributed by atoms with E-state index in [0.29, 0.717) is 17.5 Å². The van der Waals surface area contributed by atoms with Gasteiger partial charge in [-0.25, -0.2) is 0 Å². The first-order valence-corrected chi connectivity index (χ1v) is 8.50. The normalized spacial score (nSPS) is 10.9. The van der Waals surface area contributed by atoms with Crippen molar-refractivity contribution in [3.05, 3.63) is 82.7 Å². The van der Waals surface area contributed by atoms with Crippen molar-refractivity contribution in [2.75, 3.05) is 5.32 Å². The van der Waals surface area contributed by atoms with Crippen LogP contribution in [0.4, 0.5) is 14.5 Å². The average Bonchev–Trinajstić information content (AvgIpc) is 3.07. The molecular weight excluding hydrogens is 362 g/mol. The molecule has 26 heavy (non-hydrogen) atoms. The molecule has 1 N–H and O–H groups in total. The van der Waals surface area contributed by atoms with Crippen LogP contribution in [-0.4, -0.2) is 16.2 Å². The monoisotopic (exact) mass is 376 g/mol. The van der Waals surface area contributed by atoms with E-state index in [1.54, 1.807) is 36.5 Å². The fraction of sp³-hybridized carbons (Fsp3) is 0.111. The summed E-state index contributed by atoms with van der Waals surface area (Å²) in [6.45, 7) is 0.185. The number of carbonyl (C=O) groups is 1. The molecule has 0 aliphatic carbocycles. The molecule has 0 saturated carbocycles. The van der Waals surface area contributed by atoms with Crippen LogP contribution >= 0.6 is 11.8 Å². The van der Waals surface area contributed by atoms with Gasteiger partial charge in [0.05, 0.1) is 12.2 Å². The van der Waals surface area contributed by atoms with Gasteiger partial charge in [-0.05, 0) is 30.3 Å². The first-order chi connectivity index (χ1) is 12.5. The number of amides is 1. The lowest BCUT2D eigenvalue weighted by molar-refractivity contribution is 0.0994. The molecule has 2 heterocycles. The van der Waals surface area contributed by atoms with Gasteiger partial charge in [0.1, 0.15) is 5.76 Å². The van der Waals surface area contributed by atoms with Crippen molar-refractivity contribution in [2.24, 2.45) is 0 Å². The largest absolute Gasteiger partial charge is 0.454 e. The molecule has 0 atom stereocenters. The molecule has 0 aliphatic rings. The van der Waals surface area contributed by atoms with E-state index in [1.165, 1.54) is 28.8 Å². The van der Waals surface area contributed by atoms with Crippen LogP contribution in [0.5, 0.6) is 0 Å². The summed E-state index contributed by atoms with van der Waals surface area (Å²) in [6, 6.07) is 14.1. The van der Waals surface area contributed by atoms with Crippen molar-refractivity contribution >= 4 is 23.4 Å². The Morgan fingerprint density at radius 1 is 1.12 bits per heavy atom. The average molecular weight is 376 g/mol. The number of pyridine rings is 1. The van der Waals surface area contributed by atoms with Crippen molar-refractivity contribution in [1.82, 2.24) is 4.57 Å². The molecule has 0 saturated heterocycles. The summed E-state index contributed by atoms with van der Waals surface area (Å²) in [5, 5.41) is 2.57. The molecule has 0 spiro atoms. The van der Waals surface area contributed by atoms with E-state index >= 15 is 0 Å². The highest BCUT2D eigenvalue weighted by atomic mass is 32.2. The maximum atomic E-state index is 12.6. The van der Waals surface area contributed by atoms with Crippen LogP contribution in [-0.2, 0) is 6.54 Å². The molecule has 1 aromatic carbocycles. The Morgan fingerprint density at radius 2 is 1.88 bits per heavy atom. The summed E-state index contributed by atoms with van der Waals surface area (Å²) >= 11 is 0.354. The van der Waals surface area contributed by atoms with Crippen LogP contribution in [0.1, 0.15) is 16.3 Å². The van der Waals surface area contributed by atoms with E-state index in [4.69, 9.17) is 4.42 Å². The van der Waals surface area contributed by atoms with Crippen molar-refractivity contribution in [3.63, 3.8) is 0 Å². The number of alkyl halides is 2. The maximum Gasteiger partial charge on any atom is 0.291 e. The molecule has 0 bridgehead atoms. The smallest absolute Gasteiger partial charge is 0.291 e. The molecule has 1 amide bonds. The summed E-state index contributed by atoms with van der Waals surface area (Å²) in [5.41, 5.74) is 0.0906. The zero-order valence-corrected chi connectivity index (χ0v) is 14.2. The minimum absolute atomic E-state index is 0.0285. The van der Waals surface area contributed by atoms with Crippen LogP contribution in [0, 0.1) is 0 Å². The fourth-order valence-electron chi connectivity index (χ4n) is 2.30. The molecule has 3 aromatic rings. The highest BCUT2D eigenvalue weighted by Crippen LogP contribution is 2.31. The van der Waals surface area contributed by atoms with Gasteiger partial charge in [-0.15, -0.1) is 0 Å². The Morgan fingerprint density at radius 3 is 2.65 bits per heavy atom. The zero-order valence-electron chi connectivity index (χ0n) is 13.4. The van der Waals surface area contributed by atoms with Gasteiger partial charge in [0, 0.05) is 17.2 Å². The number of halogens is 2. The first-order valence-electron chi connectivity index (χ1n) is 7.62. The number of para-hydroxylation sites is 1. The van der Waals surface area contributed by atoms with Crippen molar-refractivity contribution in [2.45, 2.75) is 17.2 Å². The van der Waals surface area contributed by atoms with Crippen molar-refractivity contribution in [3.8, 4) is 0 Å². The number of nitrogens with one attached hydrogen (secondary N) is 1. The second-order valence-electron chi connectivity index (χ2n) is 5.26. The Balaban J connectivity index is 1.73. The Kier molecular flexibility index (Phi) is 5.52. The van der Waals surface area contributed by atoms with Crippen LogP contribution in [0.3, 0.4) is 0 Å². The molecule has 2 aromatic heterocycles. The first kappa shape index (κ1) is 17.9. The van der Waals surface area contributed by atoms with Gasteiger partial charge in [0.2, 0.25) is 0 Å². The lowest BCUT2D eigenvalue weighted by Crippen LogP contribution is -2.18. The standard InChI is InChI=1S/C18H14F2N2O3S/c19-18(20)26-15-6-2-1-5-13(15)21-17(24)14-9-8-12(25-14)11-22-10-4-3-7-16(22)23/h1-10,18H,11H2,(H,21,24). The zero-order chi connectivity index (χ0) is 18.5. The molecule has 0 fully saturated rings. The minimum atomic E-state index is -2.59. The van der Waals surface area contributed by atoms with Gasteiger partial charge >= 0.3 is 0 Å². The number of anilines is 1. The summed E-state index contributed by atoms with van der Waals surface area (Å²) in [4.78, 5) is 24.3.